The smallest absolute Gasteiger partial charge is 0.266 e. The van der Waals surface area contributed by atoms with E-state index in [0.717, 1.165) is 49.4 Å². The first kappa shape index (κ1) is 43.8. The molecule has 338 valence electrons. The summed E-state index contributed by atoms with van der Waals surface area (Å²) in [7, 11) is 1.64. The summed E-state index contributed by atoms with van der Waals surface area (Å²) >= 11 is 0. The van der Waals surface area contributed by atoms with Crippen molar-refractivity contribution in [1.82, 2.24) is 0 Å². The fraction of sp³-hybridized carbons (Fsp3) is 0.288. The van der Waals surface area contributed by atoms with Gasteiger partial charge in [0.25, 0.3) is 23.6 Å². The monoisotopic (exact) mass is 888 g/mol. The molecule has 0 unspecified atom stereocenters. The molecule has 8 aromatic carbocycles. The quantitative estimate of drug-likeness (QED) is 0.0814. The summed E-state index contributed by atoms with van der Waals surface area (Å²) in [5.41, 5.74) is 7.10. The standard InChI is InChI=1S/C59H56N2O6/c1-29(2)34-15-13-16-35(30(3)4)53(34)60-55(62)41-23-20-38-39-21-24-43-50-44(58(65)61(57(43)64)54-36(31(5)6)17-14-18-37(54)32(7)8)28-47(67-46-26-19-33(66-12)27-45(46)59(9,10)11)51(52(39)50)40-22-25-42(56(60)63)49(41)48(38)40/h13-32H,1-12H3. The summed E-state index contributed by atoms with van der Waals surface area (Å²) in [6, 6.07) is 30.9. The summed E-state index contributed by atoms with van der Waals surface area (Å²) in [5.74, 6) is 0.268. The number of para-hydroxylation sites is 2. The Kier molecular flexibility index (Phi) is 10.1. The van der Waals surface area contributed by atoms with Crippen LogP contribution < -0.4 is 19.3 Å². The van der Waals surface area contributed by atoms with E-state index in [1.54, 1.807) is 13.2 Å². The maximum absolute atomic E-state index is 15.5. The summed E-state index contributed by atoms with van der Waals surface area (Å²) < 4.78 is 12.9. The van der Waals surface area contributed by atoms with E-state index in [1.165, 1.54) is 9.80 Å². The van der Waals surface area contributed by atoms with E-state index in [9.17, 15) is 0 Å². The van der Waals surface area contributed by atoms with Crippen molar-refractivity contribution in [3.05, 3.63) is 147 Å². The lowest BCUT2D eigenvalue weighted by molar-refractivity contribution is 0.0877. The Balaban J connectivity index is 1.30. The van der Waals surface area contributed by atoms with E-state index in [4.69, 9.17) is 9.47 Å². The van der Waals surface area contributed by atoms with Crippen LogP contribution in [0.15, 0.2) is 97.1 Å². The number of fused-ring (bicyclic) bond motifs is 2. The molecule has 10 rings (SSSR count). The van der Waals surface area contributed by atoms with Crippen LogP contribution in [-0.4, -0.2) is 30.7 Å². The van der Waals surface area contributed by atoms with Crippen LogP contribution in [-0.2, 0) is 5.41 Å². The van der Waals surface area contributed by atoms with E-state index >= 15 is 19.2 Å². The Morgan fingerprint density at radius 3 is 1.28 bits per heavy atom. The minimum atomic E-state index is -0.429. The minimum Gasteiger partial charge on any atom is -0.497 e. The zero-order valence-electron chi connectivity index (χ0n) is 40.4. The summed E-state index contributed by atoms with van der Waals surface area (Å²) in [4.78, 5) is 63.6. The second-order valence-corrected chi connectivity index (χ2v) is 20.6. The van der Waals surface area contributed by atoms with Crippen LogP contribution in [0.2, 0.25) is 0 Å². The fourth-order valence-corrected chi connectivity index (χ4v) is 10.8. The molecule has 0 atom stereocenters. The van der Waals surface area contributed by atoms with Crippen LogP contribution in [0.3, 0.4) is 0 Å². The number of anilines is 2. The Hall–Kier alpha value is -7.06. The molecular formula is C59H56N2O6. The molecule has 67 heavy (non-hydrogen) atoms. The van der Waals surface area contributed by atoms with Gasteiger partial charge in [0.1, 0.15) is 17.2 Å². The molecule has 2 aliphatic rings. The number of ether oxygens (including phenoxy) is 2. The third kappa shape index (κ3) is 6.39. The number of hydrogen-bond acceptors (Lipinski definition) is 6. The van der Waals surface area contributed by atoms with Crippen LogP contribution in [0.25, 0.3) is 43.1 Å². The van der Waals surface area contributed by atoms with Crippen molar-refractivity contribution in [2.75, 3.05) is 16.9 Å². The Labute approximate surface area is 391 Å². The zero-order valence-corrected chi connectivity index (χ0v) is 40.4. The molecule has 0 radical (unpaired) electrons. The number of nitrogens with zero attached hydrogens (tertiary/aromatic N) is 2. The lowest BCUT2D eigenvalue weighted by atomic mass is 9.81. The molecule has 4 amide bonds. The number of amides is 4. The van der Waals surface area contributed by atoms with Gasteiger partial charge in [-0.1, -0.05) is 131 Å². The normalized spacial score (nSPS) is 14.3. The average molecular weight is 889 g/mol. The third-order valence-electron chi connectivity index (χ3n) is 14.0. The van der Waals surface area contributed by atoms with Crippen molar-refractivity contribution < 1.29 is 28.7 Å². The first-order chi connectivity index (χ1) is 31.8. The molecule has 2 aliphatic heterocycles. The van der Waals surface area contributed by atoms with Gasteiger partial charge < -0.3 is 9.47 Å². The Morgan fingerprint density at radius 2 is 0.851 bits per heavy atom. The molecule has 0 saturated heterocycles. The van der Waals surface area contributed by atoms with Crippen molar-refractivity contribution >= 4 is 78.1 Å². The molecule has 8 aromatic rings. The maximum Gasteiger partial charge on any atom is 0.266 e. The number of benzene rings is 8. The number of carbonyl (C=O) groups excluding carboxylic acids is 4. The Morgan fingerprint density at radius 1 is 0.433 bits per heavy atom. The molecule has 2 heterocycles. The molecule has 0 bridgehead atoms. The summed E-state index contributed by atoms with van der Waals surface area (Å²) in [6.45, 7) is 23.0. The van der Waals surface area contributed by atoms with Crippen molar-refractivity contribution in [2.45, 2.75) is 105 Å². The zero-order chi connectivity index (χ0) is 47.7. The lowest BCUT2D eigenvalue weighted by Crippen LogP contribution is -2.42. The molecule has 8 heteroatoms. The summed E-state index contributed by atoms with van der Waals surface area (Å²) in [6.07, 6.45) is 0. The predicted molar refractivity (Wildman–Crippen MR) is 271 cm³/mol. The van der Waals surface area contributed by atoms with Gasteiger partial charge in [-0.05, 0) is 115 Å². The molecule has 0 aromatic heterocycles. The van der Waals surface area contributed by atoms with Crippen molar-refractivity contribution in [3.8, 4) is 17.2 Å². The number of methoxy groups -OCH3 is 1. The third-order valence-corrected chi connectivity index (χ3v) is 14.0. The highest BCUT2D eigenvalue weighted by molar-refractivity contribution is 6.46. The largest absolute Gasteiger partial charge is 0.497 e. The molecular weight excluding hydrogens is 833 g/mol. The molecule has 0 saturated carbocycles. The molecule has 0 aliphatic carbocycles. The van der Waals surface area contributed by atoms with Crippen LogP contribution in [0.4, 0.5) is 11.4 Å². The van der Waals surface area contributed by atoms with E-state index < -0.39 is 11.8 Å². The van der Waals surface area contributed by atoms with E-state index in [-0.39, 0.29) is 40.9 Å². The van der Waals surface area contributed by atoms with Gasteiger partial charge in [0, 0.05) is 43.8 Å². The number of hydrogen-bond donors (Lipinski definition) is 0. The van der Waals surface area contributed by atoms with Gasteiger partial charge >= 0.3 is 0 Å². The summed E-state index contributed by atoms with van der Waals surface area (Å²) in [5, 5.41) is 5.56. The molecule has 0 fully saturated rings. The molecule has 0 N–H and O–H groups in total. The van der Waals surface area contributed by atoms with Crippen LogP contribution >= 0.6 is 0 Å². The van der Waals surface area contributed by atoms with Crippen LogP contribution in [0, 0.1) is 0 Å². The van der Waals surface area contributed by atoms with Gasteiger partial charge in [-0.3, -0.25) is 19.2 Å². The van der Waals surface area contributed by atoms with Gasteiger partial charge in [-0.2, -0.15) is 0 Å². The number of imide groups is 2. The van der Waals surface area contributed by atoms with Crippen LogP contribution in [0.5, 0.6) is 17.2 Å². The number of carbonyl (C=O) groups is 4. The molecule has 8 nitrogen and oxygen atoms in total. The van der Waals surface area contributed by atoms with Gasteiger partial charge in [0.15, 0.2) is 0 Å². The van der Waals surface area contributed by atoms with Gasteiger partial charge in [-0.15, -0.1) is 0 Å². The highest BCUT2D eigenvalue weighted by Gasteiger charge is 2.41. The van der Waals surface area contributed by atoms with Gasteiger partial charge in [0.05, 0.1) is 24.0 Å². The molecule has 0 spiro atoms. The maximum atomic E-state index is 15.5. The highest BCUT2D eigenvalue weighted by Crippen LogP contribution is 2.52. The van der Waals surface area contributed by atoms with E-state index in [2.05, 4.69) is 76.2 Å². The predicted octanol–water partition coefficient (Wildman–Crippen LogP) is 14.9. The average Bonchev–Trinajstić information content (AvgIpc) is 3.29. The van der Waals surface area contributed by atoms with Crippen LogP contribution in [0.1, 0.15) is 169 Å². The van der Waals surface area contributed by atoms with Gasteiger partial charge in [0.2, 0.25) is 0 Å². The first-order valence-electron chi connectivity index (χ1n) is 23.5. The van der Waals surface area contributed by atoms with E-state index in [0.29, 0.717) is 72.4 Å². The highest BCUT2D eigenvalue weighted by atomic mass is 16.5. The second-order valence-electron chi connectivity index (χ2n) is 20.6. The van der Waals surface area contributed by atoms with Crippen molar-refractivity contribution in [1.29, 1.82) is 0 Å². The minimum absolute atomic E-state index is 0.0301. The van der Waals surface area contributed by atoms with Gasteiger partial charge in [-0.25, -0.2) is 9.80 Å². The lowest BCUT2D eigenvalue weighted by Gasteiger charge is -2.34. The topological polar surface area (TPSA) is 93.2 Å². The fourth-order valence-electron chi connectivity index (χ4n) is 10.8. The van der Waals surface area contributed by atoms with E-state index in [1.807, 2.05) is 91.0 Å². The second kappa shape index (κ2) is 15.5. The van der Waals surface area contributed by atoms with Crippen molar-refractivity contribution in [3.63, 3.8) is 0 Å². The first-order valence-corrected chi connectivity index (χ1v) is 23.5. The Bertz CT molecular complexity index is 3380. The van der Waals surface area contributed by atoms with Crippen molar-refractivity contribution in [2.24, 2.45) is 0 Å². The number of rotatable bonds is 9. The SMILES string of the molecule is COc1ccc(Oc2cc3c4c(ccc5c6ccc7c8c(ccc(c2c45)c86)C(=O)N(c2c(C(C)C)cccc2C(C)C)C7=O)C(=O)N(c2c(C(C)C)cccc2C(C)C)C3=O)c(C(C)(C)C)c1.